The minimum Gasteiger partial charge on any atom is -0.315 e. The molecule has 4 rings (SSSR count). The van der Waals surface area contributed by atoms with Gasteiger partial charge in [0, 0.05) is 11.4 Å². The summed E-state index contributed by atoms with van der Waals surface area (Å²) in [4.78, 5) is 6.97. The third kappa shape index (κ3) is 3.78. The van der Waals surface area contributed by atoms with Crippen molar-refractivity contribution in [3.63, 3.8) is 0 Å². The van der Waals surface area contributed by atoms with Crippen molar-refractivity contribution in [1.82, 2.24) is 0 Å². The van der Waals surface area contributed by atoms with E-state index in [2.05, 4.69) is 68.1 Å². The van der Waals surface area contributed by atoms with Crippen molar-refractivity contribution < 1.29 is 8.42 Å². The third-order valence-corrected chi connectivity index (χ3v) is 8.10. The maximum Gasteiger partial charge on any atom is 0.164 e. The summed E-state index contributed by atoms with van der Waals surface area (Å²) in [6.07, 6.45) is 0. The number of nitrogens with zero attached hydrogens (tertiary/aromatic N) is 2. The molecule has 1 saturated heterocycles. The van der Waals surface area contributed by atoms with Crippen LogP contribution in [0, 0.1) is 20.8 Å². The van der Waals surface area contributed by atoms with Crippen LogP contribution in [0.4, 0.5) is 5.69 Å². The number of rotatable bonds is 3. The molecule has 2 heterocycles. The quantitative estimate of drug-likeness (QED) is 0.784. The van der Waals surface area contributed by atoms with Crippen molar-refractivity contribution in [2.45, 2.75) is 38.6 Å². The largest absolute Gasteiger partial charge is 0.315 e. The molecular weight excluding hydrogens is 376 g/mol. The van der Waals surface area contributed by atoms with Crippen LogP contribution in [0.15, 0.2) is 47.5 Å². The van der Waals surface area contributed by atoms with E-state index in [0.717, 1.165) is 16.6 Å². The number of aliphatic imine (C=N–C) groups is 1. The van der Waals surface area contributed by atoms with E-state index >= 15 is 0 Å². The maximum absolute atomic E-state index is 12.2. The van der Waals surface area contributed by atoms with Crippen LogP contribution in [0.1, 0.15) is 22.3 Å². The summed E-state index contributed by atoms with van der Waals surface area (Å²) in [6.45, 7) is 6.27. The Morgan fingerprint density at radius 3 is 2.48 bits per heavy atom. The fraction of sp³-hybridized carbons (Fsp3) is 0.381. The van der Waals surface area contributed by atoms with Gasteiger partial charge in [-0.1, -0.05) is 47.7 Å². The van der Waals surface area contributed by atoms with Crippen molar-refractivity contribution in [3.8, 4) is 0 Å². The van der Waals surface area contributed by atoms with E-state index in [1.54, 1.807) is 11.8 Å². The van der Waals surface area contributed by atoms with Crippen LogP contribution >= 0.6 is 11.8 Å². The summed E-state index contributed by atoms with van der Waals surface area (Å²) >= 11 is 1.69. The zero-order chi connectivity index (χ0) is 19.2. The molecule has 27 heavy (non-hydrogen) atoms. The molecule has 0 amide bonds. The van der Waals surface area contributed by atoms with Crippen LogP contribution in [0.2, 0.25) is 0 Å². The fourth-order valence-electron chi connectivity index (χ4n) is 3.64. The molecule has 4 nitrogen and oxygen atoms in total. The smallest absolute Gasteiger partial charge is 0.164 e. The van der Waals surface area contributed by atoms with E-state index < -0.39 is 9.84 Å². The minimum absolute atomic E-state index is 0.0855. The summed E-state index contributed by atoms with van der Waals surface area (Å²) in [7, 11) is -3.02. The lowest BCUT2D eigenvalue weighted by Crippen LogP contribution is -2.39. The van der Waals surface area contributed by atoms with Gasteiger partial charge in [0.2, 0.25) is 0 Å². The van der Waals surface area contributed by atoms with Gasteiger partial charge in [0.05, 0.1) is 23.6 Å². The Morgan fingerprint density at radius 1 is 1.04 bits per heavy atom. The molecule has 0 bridgehead atoms. The second-order valence-electron chi connectivity index (χ2n) is 7.54. The van der Waals surface area contributed by atoms with Gasteiger partial charge in [0.25, 0.3) is 0 Å². The van der Waals surface area contributed by atoms with E-state index in [1.165, 1.54) is 22.3 Å². The number of amidine groups is 1. The first-order chi connectivity index (χ1) is 12.8. The molecule has 2 aliphatic heterocycles. The van der Waals surface area contributed by atoms with E-state index in [9.17, 15) is 8.42 Å². The second-order valence-corrected chi connectivity index (χ2v) is 10.6. The zero-order valence-electron chi connectivity index (χ0n) is 15.8. The summed E-state index contributed by atoms with van der Waals surface area (Å²) < 4.78 is 24.3. The van der Waals surface area contributed by atoms with E-state index in [0.29, 0.717) is 0 Å². The lowest BCUT2D eigenvalue weighted by Gasteiger charge is -2.27. The molecular formula is C21H24N2O2S2. The second kappa shape index (κ2) is 6.99. The number of hydrogen-bond donors (Lipinski definition) is 0. The van der Waals surface area contributed by atoms with Crippen LogP contribution in [-0.4, -0.2) is 37.2 Å². The zero-order valence-corrected chi connectivity index (χ0v) is 17.5. The van der Waals surface area contributed by atoms with Crippen LogP contribution in [0.5, 0.6) is 0 Å². The number of sulfone groups is 1. The number of thioether (sulfide) groups is 1. The van der Waals surface area contributed by atoms with Gasteiger partial charge in [0.1, 0.15) is 0 Å². The summed E-state index contributed by atoms with van der Waals surface area (Å²) in [5.41, 5.74) is 5.98. The molecule has 0 aromatic heterocycles. The van der Waals surface area contributed by atoms with Gasteiger partial charge >= 0.3 is 0 Å². The number of hydrogen-bond acceptors (Lipinski definition) is 5. The molecule has 0 unspecified atom stereocenters. The highest BCUT2D eigenvalue weighted by Crippen LogP contribution is 2.36. The molecule has 1 fully saturated rings. The van der Waals surface area contributed by atoms with Crippen LogP contribution in [0.3, 0.4) is 0 Å². The normalized spacial score (nSPS) is 23.4. The number of aryl methyl sites for hydroxylation is 3. The average molecular weight is 401 g/mol. The van der Waals surface area contributed by atoms with Crippen molar-refractivity contribution in [1.29, 1.82) is 0 Å². The number of anilines is 1. The summed E-state index contributed by atoms with van der Waals surface area (Å²) in [5.74, 6) is 1.17. The first kappa shape index (κ1) is 18.6. The Morgan fingerprint density at radius 2 is 1.78 bits per heavy atom. The van der Waals surface area contributed by atoms with Gasteiger partial charge in [-0.25, -0.2) is 8.42 Å². The molecule has 0 saturated carbocycles. The number of fused-ring (bicyclic) bond motifs is 1. The Bertz CT molecular complexity index is 997. The molecule has 2 aromatic rings. The predicted octanol–water partition coefficient (Wildman–Crippen LogP) is 3.89. The van der Waals surface area contributed by atoms with Gasteiger partial charge in [-0.05, 0) is 49.6 Å². The standard InChI is InChI=1S/C21H24N2O2S2/c1-14-4-7-17(8-5-14)11-26-21-22-19-12-27(24,25)13-20(19)23(21)18-9-6-15(2)16(3)10-18/h4-10,19-20H,11-13H2,1-3H3/t19-,20-/m1/s1. The Hall–Kier alpha value is -1.79. The third-order valence-electron chi connectivity index (χ3n) is 5.36. The molecule has 2 aromatic carbocycles. The maximum atomic E-state index is 12.2. The Labute approximate surface area is 165 Å². The molecule has 0 spiro atoms. The van der Waals surface area contributed by atoms with E-state index in [1.807, 2.05) is 0 Å². The van der Waals surface area contributed by atoms with Gasteiger partial charge in [-0.15, -0.1) is 0 Å². The predicted molar refractivity (Wildman–Crippen MR) is 115 cm³/mol. The van der Waals surface area contributed by atoms with Crippen LogP contribution in [-0.2, 0) is 15.6 Å². The van der Waals surface area contributed by atoms with Crippen molar-refractivity contribution in [2.75, 3.05) is 16.4 Å². The summed E-state index contributed by atoms with van der Waals surface area (Å²) in [6, 6.07) is 14.6. The minimum atomic E-state index is -3.02. The Kier molecular flexibility index (Phi) is 4.80. The Balaban J connectivity index is 1.63. The van der Waals surface area contributed by atoms with Crippen LogP contribution in [0.25, 0.3) is 0 Å². The summed E-state index contributed by atoms with van der Waals surface area (Å²) in [5, 5.41) is 0.934. The van der Waals surface area contributed by atoms with Gasteiger partial charge in [-0.3, -0.25) is 4.99 Å². The SMILES string of the molecule is Cc1ccc(CSC2=N[C@@H]3CS(=O)(=O)C[C@H]3N2c2ccc(C)c(C)c2)cc1. The highest BCUT2D eigenvalue weighted by molar-refractivity contribution is 8.13. The van der Waals surface area contributed by atoms with Crippen molar-refractivity contribution in [2.24, 2.45) is 4.99 Å². The average Bonchev–Trinajstić information content (AvgIpc) is 3.08. The molecule has 0 N–H and O–H groups in total. The monoisotopic (exact) mass is 400 g/mol. The molecule has 0 aliphatic carbocycles. The fourth-order valence-corrected chi connectivity index (χ4v) is 6.57. The molecule has 2 aliphatic rings. The van der Waals surface area contributed by atoms with Crippen LogP contribution < -0.4 is 4.90 Å². The molecule has 0 radical (unpaired) electrons. The number of benzene rings is 2. The van der Waals surface area contributed by atoms with Gasteiger partial charge in [-0.2, -0.15) is 0 Å². The highest BCUT2D eigenvalue weighted by atomic mass is 32.2. The first-order valence-corrected chi connectivity index (χ1v) is 12.0. The lowest BCUT2D eigenvalue weighted by atomic mass is 10.1. The highest BCUT2D eigenvalue weighted by Gasteiger charge is 2.47. The molecule has 2 atom stereocenters. The molecule has 142 valence electrons. The molecule has 6 heteroatoms. The lowest BCUT2D eigenvalue weighted by molar-refractivity contribution is 0.601. The van der Waals surface area contributed by atoms with E-state index in [4.69, 9.17) is 4.99 Å². The van der Waals surface area contributed by atoms with Gasteiger partial charge in [0.15, 0.2) is 15.0 Å². The van der Waals surface area contributed by atoms with Crippen molar-refractivity contribution in [3.05, 3.63) is 64.7 Å². The topological polar surface area (TPSA) is 49.7 Å². The first-order valence-electron chi connectivity index (χ1n) is 9.15. The van der Waals surface area contributed by atoms with E-state index in [-0.39, 0.29) is 23.6 Å². The van der Waals surface area contributed by atoms with Crippen molar-refractivity contribution >= 4 is 32.5 Å². The van der Waals surface area contributed by atoms with Gasteiger partial charge < -0.3 is 4.90 Å².